The van der Waals surface area contributed by atoms with Crippen molar-refractivity contribution in [2.24, 2.45) is 0 Å². The number of carbonyl (C=O) groups is 1. The Balaban J connectivity index is 1.43. The fourth-order valence-electron chi connectivity index (χ4n) is 2.82. The maximum absolute atomic E-state index is 11.9. The number of hydrogen-bond acceptors (Lipinski definition) is 7. The SMILES string of the molecule is O=C(OC[C@H]1O[C@@H]2[C@@H](Oc3nc(=O)ccn32)[C@@H]1O)c1ccccc1. The van der Waals surface area contributed by atoms with Crippen LogP contribution >= 0.6 is 0 Å². The smallest absolute Gasteiger partial charge is 0.338 e. The van der Waals surface area contributed by atoms with Crippen molar-refractivity contribution in [1.29, 1.82) is 0 Å². The lowest BCUT2D eigenvalue weighted by Crippen LogP contribution is -2.36. The van der Waals surface area contributed by atoms with Crippen LogP contribution in [0.3, 0.4) is 0 Å². The normalized spacial score (nSPS) is 27.2. The first-order valence-corrected chi connectivity index (χ1v) is 7.45. The van der Waals surface area contributed by atoms with Crippen molar-refractivity contribution in [1.82, 2.24) is 9.55 Å². The van der Waals surface area contributed by atoms with Crippen molar-refractivity contribution >= 4 is 5.97 Å². The van der Waals surface area contributed by atoms with Crippen LogP contribution < -0.4 is 10.3 Å². The van der Waals surface area contributed by atoms with Crippen molar-refractivity contribution in [3.8, 4) is 6.01 Å². The molecular weight excluding hydrogens is 316 g/mol. The molecule has 1 N–H and O–H groups in total. The summed E-state index contributed by atoms with van der Waals surface area (Å²) in [5.41, 5.74) is -0.00242. The van der Waals surface area contributed by atoms with Crippen LogP contribution in [0.2, 0.25) is 0 Å². The third kappa shape index (κ3) is 2.45. The average molecular weight is 330 g/mol. The quantitative estimate of drug-likeness (QED) is 0.798. The van der Waals surface area contributed by atoms with Crippen molar-refractivity contribution in [2.75, 3.05) is 6.61 Å². The second-order valence-corrected chi connectivity index (χ2v) is 5.56. The van der Waals surface area contributed by atoms with Gasteiger partial charge in [-0.25, -0.2) is 4.79 Å². The van der Waals surface area contributed by atoms with Crippen LogP contribution in [0, 0.1) is 0 Å². The Morgan fingerprint density at radius 3 is 2.88 bits per heavy atom. The highest BCUT2D eigenvalue weighted by Gasteiger charge is 2.51. The van der Waals surface area contributed by atoms with Crippen molar-refractivity contribution in [3.63, 3.8) is 0 Å². The fourth-order valence-corrected chi connectivity index (χ4v) is 2.82. The summed E-state index contributed by atoms with van der Waals surface area (Å²) in [5.74, 6) is -0.491. The van der Waals surface area contributed by atoms with Gasteiger partial charge in [0.2, 0.25) is 0 Å². The first-order valence-electron chi connectivity index (χ1n) is 7.45. The molecule has 0 saturated carbocycles. The van der Waals surface area contributed by atoms with Gasteiger partial charge < -0.3 is 19.3 Å². The zero-order valence-electron chi connectivity index (χ0n) is 12.4. The largest absolute Gasteiger partial charge is 0.459 e. The van der Waals surface area contributed by atoms with Gasteiger partial charge in [0.25, 0.3) is 5.56 Å². The standard InChI is InChI=1S/C16H14N2O6/c19-11-6-7-18-14-13(24-16(18)17-11)12(20)10(23-14)8-22-15(21)9-4-2-1-3-5-9/h1-7,10,12-14,20H,8H2/t10-,12-,13+,14-/m1/s1. The summed E-state index contributed by atoms with van der Waals surface area (Å²) in [5, 5.41) is 10.3. The molecule has 1 fully saturated rings. The lowest BCUT2D eigenvalue weighted by atomic mass is 10.1. The summed E-state index contributed by atoms with van der Waals surface area (Å²) in [7, 11) is 0. The number of aliphatic hydroxyl groups is 1. The molecule has 2 aliphatic rings. The molecule has 1 aromatic heterocycles. The maximum Gasteiger partial charge on any atom is 0.338 e. The van der Waals surface area contributed by atoms with Crippen molar-refractivity contribution in [3.05, 3.63) is 58.5 Å². The van der Waals surface area contributed by atoms with Gasteiger partial charge in [-0.05, 0) is 12.1 Å². The number of rotatable bonds is 3. The monoisotopic (exact) mass is 330 g/mol. The van der Waals surface area contributed by atoms with Gasteiger partial charge >= 0.3 is 12.0 Å². The minimum Gasteiger partial charge on any atom is -0.459 e. The van der Waals surface area contributed by atoms with Crippen LogP contribution in [-0.4, -0.2) is 45.5 Å². The highest BCUT2D eigenvalue weighted by Crippen LogP contribution is 2.38. The van der Waals surface area contributed by atoms with Crippen LogP contribution in [0.15, 0.2) is 47.4 Å². The molecule has 8 heteroatoms. The molecule has 0 amide bonds. The molecule has 0 unspecified atom stereocenters. The molecule has 4 atom stereocenters. The third-order valence-corrected chi connectivity index (χ3v) is 4.02. The predicted molar refractivity (Wildman–Crippen MR) is 79.6 cm³/mol. The summed E-state index contributed by atoms with van der Waals surface area (Å²) in [6.07, 6.45) is -1.53. The van der Waals surface area contributed by atoms with E-state index in [-0.39, 0.29) is 12.6 Å². The molecule has 2 aromatic rings. The summed E-state index contributed by atoms with van der Waals surface area (Å²) >= 11 is 0. The Morgan fingerprint density at radius 1 is 1.29 bits per heavy atom. The topological polar surface area (TPSA) is 99.9 Å². The van der Waals surface area contributed by atoms with Gasteiger partial charge in [0.05, 0.1) is 5.56 Å². The second-order valence-electron chi connectivity index (χ2n) is 5.56. The van der Waals surface area contributed by atoms with E-state index in [1.54, 1.807) is 30.3 Å². The summed E-state index contributed by atoms with van der Waals surface area (Å²) in [6, 6.07) is 9.95. The number of benzene rings is 1. The van der Waals surface area contributed by atoms with Gasteiger partial charge in [-0.2, -0.15) is 4.98 Å². The van der Waals surface area contributed by atoms with E-state index in [1.165, 1.54) is 16.8 Å². The molecule has 0 radical (unpaired) electrons. The first-order chi connectivity index (χ1) is 11.6. The van der Waals surface area contributed by atoms with Crippen LogP contribution in [-0.2, 0) is 9.47 Å². The number of aromatic nitrogens is 2. The Labute approximate surface area is 136 Å². The Kier molecular flexibility index (Phi) is 3.55. The van der Waals surface area contributed by atoms with Gasteiger partial charge in [-0.1, -0.05) is 18.2 Å². The zero-order chi connectivity index (χ0) is 16.7. The molecule has 1 aromatic carbocycles. The van der Waals surface area contributed by atoms with Gasteiger partial charge in [0.15, 0.2) is 12.3 Å². The van der Waals surface area contributed by atoms with E-state index < -0.39 is 36.1 Å². The molecule has 8 nitrogen and oxygen atoms in total. The lowest BCUT2D eigenvalue weighted by Gasteiger charge is -2.17. The van der Waals surface area contributed by atoms with Crippen LogP contribution in [0.5, 0.6) is 6.01 Å². The lowest BCUT2D eigenvalue weighted by molar-refractivity contribution is -0.0512. The molecule has 0 bridgehead atoms. The molecule has 124 valence electrons. The molecule has 0 aliphatic carbocycles. The third-order valence-electron chi connectivity index (χ3n) is 4.02. The minimum absolute atomic E-state index is 0.103. The highest BCUT2D eigenvalue weighted by atomic mass is 16.6. The average Bonchev–Trinajstić information content (AvgIpc) is 3.09. The fraction of sp³-hybridized carbons (Fsp3) is 0.312. The first kappa shape index (κ1) is 14.9. The molecule has 0 spiro atoms. The van der Waals surface area contributed by atoms with Crippen molar-refractivity contribution in [2.45, 2.75) is 24.5 Å². The zero-order valence-corrected chi connectivity index (χ0v) is 12.4. The summed E-state index contributed by atoms with van der Waals surface area (Å²) in [6.45, 7) is -0.103. The molecule has 4 rings (SSSR count). The predicted octanol–water partition coefficient (Wildman–Crippen LogP) is 0.120. The minimum atomic E-state index is -1.00. The number of fused-ring (bicyclic) bond motifs is 3. The van der Waals surface area contributed by atoms with Crippen molar-refractivity contribution < 1.29 is 24.1 Å². The van der Waals surface area contributed by atoms with Gasteiger partial charge in [0, 0.05) is 12.3 Å². The number of aliphatic hydroxyl groups excluding tert-OH is 1. The van der Waals surface area contributed by atoms with Crippen LogP contribution in [0.4, 0.5) is 0 Å². The Hall–Kier alpha value is -2.71. The van der Waals surface area contributed by atoms with Crippen LogP contribution in [0.25, 0.3) is 0 Å². The van der Waals surface area contributed by atoms with E-state index in [0.717, 1.165) is 0 Å². The molecular formula is C16H14N2O6. The molecule has 24 heavy (non-hydrogen) atoms. The van der Waals surface area contributed by atoms with E-state index in [9.17, 15) is 14.7 Å². The summed E-state index contributed by atoms with van der Waals surface area (Å²) in [4.78, 5) is 26.9. The van der Waals surface area contributed by atoms with E-state index >= 15 is 0 Å². The summed E-state index contributed by atoms with van der Waals surface area (Å²) < 4.78 is 17.9. The van der Waals surface area contributed by atoms with E-state index in [4.69, 9.17) is 14.2 Å². The number of hydrogen-bond donors (Lipinski definition) is 1. The molecule has 2 aliphatic heterocycles. The van der Waals surface area contributed by atoms with Crippen LogP contribution in [0.1, 0.15) is 16.6 Å². The van der Waals surface area contributed by atoms with E-state index in [2.05, 4.69) is 4.98 Å². The second kappa shape index (κ2) is 5.73. The molecule has 3 heterocycles. The van der Waals surface area contributed by atoms with E-state index in [1.807, 2.05) is 0 Å². The maximum atomic E-state index is 11.9. The Bertz CT molecular complexity index is 821. The number of esters is 1. The highest BCUT2D eigenvalue weighted by molar-refractivity contribution is 5.89. The van der Waals surface area contributed by atoms with Gasteiger partial charge in [0.1, 0.15) is 18.8 Å². The molecule has 1 saturated heterocycles. The van der Waals surface area contributed by atoms with E-state index in [0.29, 0.717) is 5.56 Å². The number of ether oxygens (including phenoxy) is 3. The Morgan fingerprint density at radius 2 is 2.08 bits per heavy atom. The van der Waals surface area contributed by atoms with Gasteiger partial charge in [-0.3, -0.25) is 9.36 Å². The van der Waals surface area contributed by atoms with Gasteiger partial charge in [-0.15, -0.1) is 0 Å². The number of nitrogens with zero attached hydrogens (tertiary/aromatic N) is 2. The number of carbonyl (C=O) groups excluding carboxylic acids is 1.